The molecule has 1 aromatic heterocycles. The number of nitrogens with one attached hydrogen (secondary N) is 2. The van der Waals surface area contributed by atoms with E-state index in [-0.39, 0.29) is 23.6 Å². The monoisotopic (exact) mass is 259 g/mol. The average Bonchev–Trinajstić information content (AvgIpc) is 2.28. The van der Waals surface area contributed by atoms with E-state index >= 15 is 0 Å². The van der Waals surface area contributed by atoms with E-state index in [1.54, 1.807) is 6.92 Å². The SMILES string of the molecule is CCc1nc(NCCS(=O)(=O)CC)cc(=O)[nH]1. The zero-order chi connectivity index (χ0) is 12.9. The number of aryl methyl sites for hydroxylation is 1. The minimum atomic E-state index is -2.99. The normalized spacial score (nSPS) is 11.4. The Morgan fingerprint density at radius 1 is 1.41 bits per heavy atom. The fourth-order valence-electron chi connectivity index (χ4n) is 1.25. The van der Waals surface area contributed by atoms with Crippen LogP contribution < -0.4 is 10.9 Å². The summed E-state index contributed by atoms with van der Waals surface area (Å²) in [7, 11) is -2.99. The van der Waals surface area contributed by atoms with Gasteiger partial charge in [0.1, 0.15) is 11.6 Å². The van der Waals surface area contributed by atoms with E-state index in [1.165, 1.54) is 6.07 Å². The fraction of sp³-hybridized carbons (Fsp3) is 0.600. The molecule has 1 rings (SSSR count). The van der Waals surface area contributed by atoms with Gasteiger partial charge in [0.05, 0.1) is 5.75 Å². The second-order valence-corrected chi connectivity index (χ2v) is 6.07. The Balaban J connectivity index is 2.64. The highest BCUT2D eigenvalue weighted by molar-refractivity contribution is 7.91. The maximum atomic E-state index is 11.3. The van der Waals surface area contributed by atoms with Gasteiger partial charge in [-0.3, -0.25) is 4.79 Å². The van der Waals surface area contributed by atoms with E-state index < -0.39 is 9.84 Å². The molecule has 0 atom stereocenters. The predicted octanol–water partition coefficient (Wildman–Crippen LogP) is 0.179. The third-order valence-corrected chi connectivity index (χ3v) is 3.99. The number of hydrogen-bond acceptors (Lipinski definition) is 5. The van der Waals surface area contributed by atoms with Gasteiger partial charge < -0.3 is 10.3 Å². The third kappa shape index (κ3) is 4.56. The van der Waals surface area contributed by atoms with Crippen molar-refractivity contribution >= 4 is 15.7 Å². The molecular weight excluding hydrogens is 242 g/mol. The number of hydrogen-bond donors (Lipinski definition) is 2. The summed E-state index contributed by atoms with van der Waals surface area (Å²) in [5, 5.41) is 2.84. The van der Waals surface area contributed by atoms with E-state index in [2.05, 4.69) is 15.3 Å². The van der Waals surface area contributed by atoms with Gasteiger partial charge in [0, 0.05) is 24.8 Å². The second-order valence-electron chi connectivity index (χ2n) is 3.59. The average molecular weight is 259 g/mol. The van der Waals surface area contributed by atoms with Crippen molar-refractivity contribution in [1.29, 1.82) is 0 Å². The predicted molar refractivity (Wildman–Crippen MR) is 67.1 cm³/mol. The lowest BCUT2D eigenvalue weighted by atomic mass is 10.4. The first-order valence-electron chi connectivity index (χ1n) is 5.51. The molecule has 1 heterocycles. The number of nitrogens with zero attached hydrogens (tertiary/aromatic N) is 1. The van der Waals surface area contributed by atoms with Crippen molar-refractivity contribution in [3.05, 3.63) is 22.2 Å². The number of aromatic nitrogens is 2. The number of anilines is 1. The van der Waals surface area contributed by atoms with E-state index in [0.29, 0.717) is 18.1 Å². The molecule has 0 fully saturated rings. The molecule has 1 aromatic rings. The lowest BCUT2D eigenvalue weighted by Gasteiger charge is -2.06. The number of sulfone groups is 1. The van der Waals surface area contributed by atoms with Gasteiger partial charge >= 0.3 is 0 Å². The smallest absolute Gasteiger partial charge is 0.252 e. The van der Waals surface area contributed by atoms with Gasteiger partial charge in [-0.1, -0.05) is 13.8 Å². The molecular formula is C10H17N3O3S. The van der Waals surface area contributed by atoms with Crippen LogP contribution in [0.5, 0.6) is 0 Å². The van der Waals surface area contributed by atoms with Crippen molar-refractivity contribution in [3.8, 4) is 0 Å². The summed E-state index contributed by atoms with van der Waals surface area (Å²) in [6.07, 6.45) is 0.623. The van der Waals surface area contributed by atoms with Crippen molar-refractivity contribution in [1.82, 2.24) is 9.97 Å². The molecule has 0 aliphatic rings. The zero-order valence-electron chi connectivity index (χ0n) is 9.99. The molecule has 0 bridgehead atoms. The van der Waals surface area contributed by atoms with Crippen LogP contribution in [-0.2, 0) is 16.3 Å². The quantitative estimate of drug-likeness (QED) is 0.760. The molecule has 0 saturated carbocycles. The number of rotatable bonds is 6. The fourth-order valence-corrected chi connectivity index (χ4v) is 1.95. The number of H-pyrrole nitrogens is 1. The first-order chi connectivity index (χ1) is 7.96. The maximum absolute atomic E-state index is 11.3. The highest BCUT2D eigenvalue weighted by Gasteiger charge is 2.07. The summed E-state index contributed by atoms with van der Waals surface area (Å²) in [5.74, 6) is 1.16. The molecule has 0 aliphatic carbocycles. The molecule has 0 spiro atoms. The molecule has 96 valence electrons. The van der Waals surface area contributed by atoms with Gasteiger partial charge in [-0.15, -0.1) is 0 Å². The number of aromatic amines is 1. The Bertz CT molecular complexity index is 522. The van der Waals surface area contributed by atoms with Gasteiger partial charge in [-0.2, -0.15) is 0 Å². The summed E-state index contributed by atoms with van der Waals surface area (Å²) in [6, 6.07) is 1.32. The topological polar surface area (TPSA) is 91.9 Å². The van der Waals surface area contributed by atoms with Crippen LogP contribution in [0.1, 0.15) is 19.7 Å². The zero-order valence-corrected chi connectivity index (χ0v) is 10.8. The molecule has 0 radical (unpaired) electrons. The van der Waals surface area contributed by atoms with Crippen molar-refractivity contribution < 1.29 is 8.42 Å². The summed E-state index contributed by atoms with van der Waals surface area (Å²) >= 11 is 0. The van der Waals surface area contributed by atoms with Gasteiger partial charge in [-0.05, 0) is 0 Å². The van der Waals surface area contributed by atoms with Crippen LogP contribution in [0.25, 0.3) is 0 Å². The van der Waals surface area contributed by atoms with Gasteiger partial charge in [0.15, 0.2) is 9.84 Å². The van der Waals surface area contributed by atoms with Crippen LogP contribution in [-0.4, -0.2) is 36.4 Å². The second kappa shape index (κ2) is 5.81. The lowest BCUT2D eigenvalue weighted by Crippen LogP contribution is -2.19. The van der Waals surface area contributed by atoms with Crippen LogP contribution >= 0.6 is 0 Å². The van der Waals surface area contributed by atoms with Crippen LogP contribution in [0.4, 0.5) is 5.82 Å². The van der Waals surface area contributed by atoms with Gasteiger partial charge in [0.25, 0.3) is 5.56 Å². The molecule has 17 heavy (non-hydrogen) atoms. The summed E-state index contributed by atoms with van der Waals surface area (Å²) in [6.45, 7) is 3.75. The minimum absolute atomic E-state index is 0.0411. The van der Waals surface area contributed by atoms with Crippen molar-refractivity contribution in [3.63, 3.8) is 0 Å². The summed E-state index contributed by atoms with van der Waals surface area (Å²) in [4.78, 5) is 18.0. The van der Waals surface area contributed by atoms with Crippen molar-refractivity contribution in [2.24, 2.45) is 0 Å². The van der Waals surface area contributed by atoms with E-state index in [0.717, 1.165) is 0 Å². The Hall–Kier alpha value is -1.37. The molecule has 0 unspecified atom stereocenters. The molecule has 7 heteroatoms. The van der Waals surface area contributed by atoms with Gasteiger partial charge in [0.2, 0.25) is 0 Å². The van der Waals surface area contributed by atoms with E-state index in [4.69, 9.17) is 0 Å². The van der Waals surface area contributed by atoms with E-state index in [1.807, 2.05) is 6.92 Å². The standard InChI is InChI=1S/C10H17N3O3S/c1-3-8-12-9(7-10(14)13-8)11-5-6-17(15,16)4-2/h7H,3-6H2,1-2H3,(H2,11,12,13,14). The molecule has 0 amide bonds. The Labute approximate surface area is 100 Å². The first kappa shape index (κ1) is 13.7. The molecule has 0 aromatic carbocycles. The third-order valence-electron chi connectivity index (χ3n) is 2.28. The molecule has 2 N–H and O–H groups in total. The molecule has 0 aliphatic heterocycles. The summed E-state index contributed by atoms with van der Waals surface area (Å²) in [5.41, 5.74) is -0.238. The molecule has 0 saturated heterocycles. The first-order valence-corrected chi connectivity index (χ1v) is 7.33. The Morgan fingerprint density at radius 3 is 2.71 bits per heavy atom. The molecule has 6 nitrogen and oxygen atoms in total. The van der Waals surface area contributed by atoms with Crippen LogP contribution in [0.3, 0.4) is 0 Å². The maximum Gasteiger partial charge on any atom is 0.252 e. The van der Waals surface area contributed by atoms with E-state index in [9.17, 15) is 13.2 Å². The summed E-state index contributed by atoms with van der Waals surface area (Å²) < 4.78 is 22.5. The highest BCUT2D eigenvalue weighted by Crippen LogP contribution is 1.99. The highest BCUT2D eigenvalue weighted by atomic mass is 32.2. The minimum Gasteiger partial charge on any atom is -0.369 e. The lowest BCUT2D eigenvalue weighted by molar-refractivity contribution is 0.597. The Morgan fingerprint density at radius 2 is 2.12 bits per heavy atom. The largest absolute Gasteiger partial charge is 0.369 e. The van der Waals surface area contributed by atoms with Crippen molar-refractivity contribution in [2.75, 3.05) is 23.4 Å². The van der Waals surface area contributed by atoms with Crippen LogP contribution in [0, 0.1) is 0 Å². The van der Waals surface area contributed by atoms with Crippen molar-refractivity contribution in [2.45, 2.75) is 20.3 Å². The van der Waals surface area contributed by atoms with Gasteiger partial charge in [-0.25, -0.2) is 13.4 Å². The van der Waals surface area contributed by atoms with Crippen LogP contribution in [0.15, 0.2) is 10.9 Å². The van der Waals surface area contributed by atoms with Crippen LogP contribution in [0.2, 0.25) is 0 Å². The Kier molecular flexibility index (Phi) is 4.68.